The second-order valence-electron chi connectivity index (χ2n) is 5.26. The molecule has 0 spiro atoms. The van der Waals surface area contributed by atoms with Crippen LogP contribution in [0.15, 0.2) is 30.5 Å². The molecule has 0 fully saturated rings. The monoisotopic (exact) mass is 270 g/mol. The molecule has 1 aromatic carbocycles. The fourth-order valence-corrected chi connectivity index (χ4v) is 2.96. The zero-order chi connectivity index (χ0) is 13.5. The van der Waals surface area contributed by atoms with Gasteiger partial charge in [0.15, 0.2) is 5.82 Å². The van der Waals surface area contributed by atoms with E-state index >= 15 is 0 Å². The number of hydrogen-bond donors (Lipinski definition) is 0. The lowest BCUT2D eigenvalue weighted by atomic mass is 10.2. The lowest BCUT2D eigenvalue weighted by Gasteiger charge is -2.15. The minimum absolute atomic E-state index is 0.176. The summed E-state index contributed by atoms with van der Waals surface area (Å²) in [5.74, 6) is 1.86. The van der Waals surface area contributed by atoms with Gasteiger partial charge in [0.2, 0.25) is 0 Å². The molecule has 20 heavy (non-hydrogen) atoms. The highest BCUT2D eigenvalue weighted by molar-refractivity contribution is 5.80. The Kier molecular flexibility index (Phi) is 2.58. The fourth-order valence-electron chi connectivity index (χ4n) is 2.96. The van der Waals surface area contributed by atoms with E-state index in [4.69, 9.17) is 0 Å². The van der Waals surface area contributed by atoms with Crippen LogP contribution in [-0.4, -0.2) is 19.3 Å². The highest BCUT2D eigenvalue weighted by Crippen LogP contribution is 2.21. The van der Waals surface area contributed by atoms with Gasteiger partial charge in [0.05, 0.1) is 12.1 Å². The molecule has 1 aliphatic heterocycles. The van der Waals surface area contributed by atoms with Crippen molar-refractivity contribution >= 4 is 10.9 Å². The Morgan fingerprint density at radius 2 is 2.10 bits per heavy atom. The first-order chi connectivity index (χ1) is 9.83. The van der Waals surface area contributed by atoms with Gasteiger partial charge in [0.25, 0.3) is 0 Å². The molecule has 0 atom stereocenters. The summed E-state index contributed by atoms with van der Waals surface area (Å²) in [4.78, 5) is 0. The highest BCUT2D eigenvalue weighted by Gasteiger charge is 2.16. The van der Waals surface area contributed by atoms with Gasteiger partial charge in [0, 0.05) is 24.5 Å². The molecule has 1 aliphatic rings. The molecule has 2 aromatic heterocycles. The minimum atomic E-state index is -0.176. The van der Waals surface area contributed by atoms with Crippen LogP contribution in [0, 0.1) is 5.82 Å². The third-order valence-electron chi connectivity index (χ3n) is 4.01. The van der Waals surface area contributed by atoms with Gasteiger partial charge in [-0.05, 0) is 31.0 Å². The Morgan fingerprint density at radius 3 is 3.05 bits per heavy atom. The molecule has 0 saturated heterocycles. The maximum atomic E-state index is 13.7. The van der Waals surface area contributed by atoms with Gasteiger partial charge < -0.3 is 9.13 Å². The molecule has 4 nitrogen and oxygen atoms in total. The Labute approximate surface area is 115 Å². The summed E-state index contributed by atoms with van der Waals surface area (Å²) in [5, 5.41) is 9.22. The quantitative estimate of drug-likeness (QED) is 0.718. The number of nitrogens with zero attached hydrogens (tertiary/aromatic N) is 4. The minimum Gasteiger partial charge on any atom is -0.340 e. The Bertz CT molecular complexity index is 771. The van der Waals surface area contributed by atoms with Gasteiger partial charge >= 0.3 is 0 Å². The van der Waals surface area contributed by atoms with E-state index in [0.29, 0.717) is 11.9 Å². The predicted molar refractivity (Wildman–Crippen MR) is 74.0 cm³/mol. The van der Waals surface area contributed by atoms with Gasteiger partial charge in [-0.2, -0.15) is 0 Å². The second kappa shape index (κ2) is 4.44. The van der Waals surface area contributed by atoms with E-state index < -0.39 is 0 Å². The van der Waals surface area contributed by atoms with Crippen LogP contribution in [-0.2, 0) is 19.5 Å². The molecule has 0 radical (unpaired) electrons. The fraction of sp³-hybridized carbons (Fsp3) is 0.333. The largest absolute Gasteiger partial charge is 0.340 e. The van der Waals surface area contributed by atoms with Crippen LogP contribution in [0.25, 0.3) is 10.9 Å². The summed E-state index contributed by atoms with van der Waals surface area (Å²) in [6, 6.07) is 6.99. The maximum absolute atomic E-state index is 13.7. The summed E-state index contributed by atoms with van der Waals surface area (Å²) >= 11 is 0. The summed E-state index contributed by atoms with van der Waals surface area (Å²) in [7, 11) is 0. The third kappa shape index (κ3) is 1.73. The van der Waals surface area contributed by atoms with Gasteiger partial charge in [-0.15, -0.1) is 10.2 Å². The topological polar surface area (TPSA) is 35.6 Å². The second-order valence-corrected chi connectivity index (χ2v) is 5.26. The highest BCUT2D eigenvalue weighted by atomic mass is 19.1. The number of rotatable bonds is 2. The molecule has 3 aromatic rings. The zero-order valence-corrected chi connectivity index (χ0v) is 11.1. The average molecular weight is 270 g/mol. The smallest absolute Gasteiger partial charge is 0.153 e. The van der Waals surface area contributed by atoms with E-state index in [-0.39, 0.29) is 5.82 Å². The molecular formula is C15H15FN4. The lowest BCUT2D eigenvalue weighted by molar-refractivity contribution is 0.503. The van der Waals surface area contributed by atoms with Crippen molar-refractivity contribution in [2.45, 2.75) is 32.4 Å². The number of hydrogen-bond acceptors (Lipinski definition) is 2. The van der Waals surface area contributed by atoms with Crippen molar-refractivity contribution in [1.29, 1.82) is 0 Å². The van der Waals surface area contributed by atoms with Crippen LogP contribution in [0.2, 0.25) is 0 Å². The predicted octanol–water partition coefficient (Wildman–Crippen LogP) is 2.76. The number of halogens is 1. The first-order valence-electron chi connectivity index (χ1n) is 6.97. The van der Waals surface area contributed by atoms with E-state index in [9.17, 15) is 4.39 Å². The van der Waals surface area contributed by atoms with Crippen LogP contribution in [0.1, 0.15) is 24.5 Å². The normalized spacial score (nSPS) is 14.7. The zero-order valence-electron chi connectivity index (χ0n) is 11.1. The molecule has 102 valence electrons. The van der Waals surface area contributed by atoms with Crippen molar-refractivity contribution < 1.29 is 4.39 Å². The van der Waals surface area contributed by atoms with Crippen molar-refractivity contribution in [2.75, 3.05) is 0 Å². The van der Waals surface area contributed by atoms with Crippen molar-refractivity contribution in [1.82, 2.24) is 19.3 Å². The molecule has 0 aliphatic carbocycles. The number of fused-ring (bicyclic) bond motifs is 2. The van der Waals surface area contributed by atoms with Crippen LogP contribution >= 0.6 is 0 Å². The third-order valence-corrected chi connectivity index (χ3v) is 4.01. The van der Waals surface area contributed by atoms with Gasteiger partial charge in [0.1, 0.15) is 11.6 Å². The van der Waals surface area contributed by atoms with Crippen molar-refractivity contribution in [3.8, 4) is 0 Å². The van der Waals surface area contributed by atoms with E-state index in [2.05, 4.69) is 14.8 Å². The van der Waals surface area contributed by atoms with E-state index in [1.165, 1.54) is 18.9 Å². The van der Waals surface area contributed by atoms with Gasteiger partial charge in [-0.1, -0.05) is 6.07 Å². The molecule has 0 saturated carbocycles. The Hall–Kier alpha value is -2.17. The molecule has 0 bridgehead atoms. The summed E-state index contributed by atoms with van der Waals surface area (Å²) < 4.78 is 17.9. The van der Waals surface area contributed by atoms with Crippen LogP contribution in [0.5, 0.6) is 0 Å². The molecule has 0 N–H and O–H groups in total. The molecule has 4 rings (SSSR count). The van der Waals surface area contributed by atoms with E-state index in [1.807, 2.05) is 22.9 Å². The van der Waals surface area contributed by atoms with Crippen LogP contribution < -0.4 is 0 Å². The SMILES string of the molecule is Fc1cccc2c1ccn2Cc1nnc2n1CCCC2. The number of aromatic nitrogens is 4. The summed E-state index contributed by atoms with van der Waals surface area (Å²) in [6.45, 7) is 1.63. The molecule has 3 heterocycles. The first kappa shape index (κ1) is 11.6. The maximum Gasteiger partial charge on any atom is 0.153 e. The number of aryl methyl sites for hydroxylation is 1. The van der Waals surface area contributed by atoms with Gasteiger partial charge in [-0.25, -0.2) is 4.39 Å². The van der Waals surface area contributed by atoms with Crippen LogP contribution in [0.4, 0.5) is 4.39 Å². The van der Waals surface area contributed by atoms with Crippen LogP contribution in [0.3, 0.4) is 0 Å². The Balaban J connectivity index is 1.74. The van der Waals surface area contributed by atoms with Gasteiger partial charge in [-0.3, -0.25) is 0 Å². The van der Waals surface area contributed by atoms with Crippen molar-refractivity contribution in [3.05, 3.63) is 47.9 Å². The summed E-state index contributed by atoms with van der Waals surface area (Å²) in [5.41, 5.74) is 0.901. The molecular weight excluding hydrogens is 255 g/mol. The molecule has 5 heteroatoms. The van der Waals surface area contributed by atoms with E-state index in [0.717, 1.165) is 30.1 Å². The lowest BCUT2D eigenvalue weighted by Crippen LogP contribution is -2.14. The van der Waals surface area contributed by atoms with Crippen molar-refractivity contribution in [3.63, 3.8) is 0 Å². The van der Waals surface area contributed by atoms with Crippen molar-refractivity contribution in [2.24, 2.45) is 0 Å². The number of benzene rings is 1. The molecule has 0 unspecified atom stereocenters. The van der Waals surface area contributed by atoms with E-state index in [1.54, 1.807) is 6.07 Å². The molecule has 0 amide bonds. The standard InChI is InChI=1S/C15H15FN4/c16-12-4-3-5-13-11(12)7-9-19(13)10-15-18-17-14-6-1-2-8-20(14)15/h3-5,7,9H,1-2,6,8,10H2. The average Bonchev–Trinajstić information content (AvgIpc) is 3.06. The summed E-state index contributed by atoms with van der Waals surface area (Å²) in [6.07, 6.45) is 5.29. The Morgan fingerprint density at radius 1 is 1.15 bits per heavy atom. The first-order valence-corrected chi connectivity index (χ1v) is 6.97.